The summed E-state index contributed by atoms with van der Waals surface area (Å²) in [5.74, 6) is 0.0637. The molecule has 0 N–H and O–H groups in total. The van der Waals surface area contributed by atoms with Crippen LogP contribution in [0.5, 0.6) is 0 Å². The van der Waals surface area contributed by atoms with Crippen molar-refractivity contribution in [1.29, 1.82) is 0 Å². The maximum atomic E-state index is 12.1. The number of rotatable bonds is 2. The summed E-state index contributed by atoms with van der Waals surface area (Å²) in [7, 11) is 4.56. The first kappa shape index (κ1) is 13.2. The molecule has 0 saturated carbocycles. The van der Waals surface area contributed by atoms with Crippen LogP contribution in [-0.4, -0.2) is 43.0 Å². The number of carbonyl (C=O) groups excluding carboxylic acids is 2. The largest absolute Gasteiger partial charge is 0.467 e. The molecule has 1 atom stereocenters. The number of esters is 1. The number of amides is 2. The summed E-state index contributed by atoms with van der Waals surface area (Å²) in [5, 5.41) is 0. The van der Waals surface area contributed by atoms with Gasteiger partial charge in [0, 0.05) is 19.8 Å². The lowest BCUT2D eigenvalue weighted by atomic mass is 9.98. The number of allylic oxidation sites excluding steroid dienone is 1. The normalized spacial score (nSPS) is 20.0. The number of ether oxygens (including phenoxy) is 1. The molecule has 0 bridgehead atoms. The molecular formula is C13H16N2O4. The van der Waals surface area contributed by atoms with E-state index in [9.17, 15) is 9.59 Å². The Hall–Kier alpha value is -2.24. The summed E-state index contributed by atoms with van der Waals surface area (Å²) in [4.78, 5) is 27.0. The Kier molecular flexibility index (Phi) is 3.33. The highest BCUT2D eigenvalue weighted by Gasteiger charge is 2.40. The van der Waals surface area contributed by atoms with E-state index in [0.717, 1.165) is 0 Å². The van der Waals surface area contributed by atoms with Crippen LogP contribution in [0.1, 0.15) is 18.7 Å². The maximum Gasteiger partial charge on any atom is 0.338 e. The molecule has 0 fully saturated rings. The number of nitrogens with zero attached hydrogens (tertiary/aromatic N) is 2. The van der Waals surface area contributed by atoms with Gasteiger partial charge in [0.15, 0.2) is 0 Å². The van der Waals surface area contributed by atoms with Gasteiger partial charge in [0.05, 0.1) is 18.9 Å². The Bertz CT molecular complexity index is 533. The second-order valence-electron chi connectivity index (χ2n) is 4.36. The first-order valence-corrected chi connectivity index (χ1v) is 5.82. The van der Waals surface area contributed by atoms with Crippen molar-refractivity contribution in [2.75, 3.05) is 21.2 Å². The zero-order valence-corrected chi connectivity index (χ0v) is 11.3. The number of methoxy groups -OCH3 is 1. The molecule has 0 saturated heterocycles. The fourth-order valence-corrected chi connectivity index (χ4v) is 2.21. The highest BCUT2D eigenvalue weighted by Crippen LogP contribution is 2.36. The number of carbonyl (C=O) groups is 2. The molecule has 1 aromatic heterocycles. The Morgan fingerprint density at radius 1 is 1.42 bits per heavy atom. The van der Waals surface area contributed by atoms with Crippen LogP contribution in [0.4, 0.5) is 4.79 Å². The monoisotopic (exact) mass is 264 g/mol. The van der Waals surface area contributed by atoms with Crippen molar-refractivity contribution in [3.8, 4) is 0 Å². The highest BCUT2D eigenvalue weighted by atomic mass is 16.5. The average molecular weight is 264 g/mol. The maximum absolute atomic E-state index is 12.1. The summed E-state index contributed by atoms with van der Waals surface area (Å²) in [6.45, 7) is 1.72. The van der Waals surface area contributed by atoms with Gasteiger partial charge in [-0.1, -0.05) is 0 Å². The van der Waals surface area contributed by atoms with Gasteiger partial charge < -0.3 is 19.0 Å². The fraction of sp³-hybridized carbons (Fsp3) is 0.385. The second-order valence-corrected chi connectivity index (χ2v) is 4.36. The predicted molar refractivity (Wildman–Crippen MR) is 67.1 cm³/mol. The van der Waals surface area contributed by atoms with Crippen molar-refractivity contribution in [3.05, 3.63) is 35.4 Å². The molecule has 1 aliphatic rings. The van der Waals surface area contributed by atoms with Crippen LogP contribution in [0, 0.1) is 0 Å². The zero-order valence-electron chi connectivity index (χ0n) is 11.3. The zero-order chi connectivity index (χ0) is 14.2. The lowest BCUT2D eigenvalue weighted by Gasteiger charge is -2.38. The van der Waals surface area contributed by atoms with Gasteiger partial charge >= 0.3 is 12.0 Å². The van der Waals surface area contributed by atoms with Crippen LogP contribution in [0.3, 0.4) is 0 Å². The number of likely N-dealkylation sites (N-methyl/N-ethyl adjacent to an activating group) is 1. The van der Waals surface area contributed by atoms with E-state index in [-0.39, 0.29) is 6.03 Å². The van der Waals surface area contributed by atoms with Gasteiger partial charge in [-0.3, -0.25) is 0 Å². The molecule has 1 unspecified atom stereocenters. The Morgan fingerprint density at radius 2 is 2.11 bits per heavy atom. The summed E-state index contributed by atoms with van der Waals surface area (Å²) in [6, 6.07) is 2.68. The van der Waals surface area contributed by atoms with Gasteiger partial charge in [0.25, 0.3) is 0 Å². The smallest absolute Gasteiger partial charge is 0.338 e. The topological polar surface area (TPSA) is 63.0 Å². The molecular weight excluding hydrogens is 248 g/mol. The van der Waals surface area contributed by atoms with Crippen molar-refractivity contribution in [2.24, 2.45) is 0 Å². The lowest BCUT2D eigenvalue weighted by Crippen LogP contribution is -2.47. The second kappa shape index (κ2) is 4.79. The number of hydrogen-bond acceptors (Lipinski definition) is 4. The SMILES string of the molecule is COC(=O)C1=C(C)N(C)C(=O)N(C)C1c1ccco1. The highest BCUT2D eigenvalue weighted by molar-refractivity contribution is 5.94. The molecule has 6 heteroatoms. The van der Waals surface area contributed by atoms with Crippen molar-refractivity contribution in [1.82, 2.24) is 9.80 Å². The minimum atomic E-state index is -0.564. The lowest BCUT2D eigenvalue weighted by molar-refractivity contribution is -0.137. The molecule has 1 aliphatic heterocycles. The van der Waals surface area contributed by atoms with Crippen LogP contribution in [0.15, 0.2) is 34.1 Å². The quantitative estimate of drug-likeness (QED) is 0.764. The van der Waals surface area contributed by atoms with E-state index in [4.69, 9.17) is 9.15 Å². The van der Waals surface area contributed by atoms with Gasteiger partial charge in [-0.05, 0) is 19.1 Å². The van der Waals surface area contributed by atoms with Gasteiger partial charge in [0.1, 0.15) is 11.8 Å². The van der Waals surface area contributed by atoms with Gasteiger partial charge in [-0.2, -0.15) is 0 Å². The van der Waals surface area contributed by atoms with Gasteiger partial charge in [0.2, 0.25) is 0 Å². The van der Waals surface area contributed by atoms with Crippen molar-refractivity contribution in [3.63, 3.8) is 0 Å². The molecule has 6 nitrogen and oxygen atoms in total. The molecule has 2 amide bonds. The van der Waals surface area contributed by atoms with E-state index in [1.54, 1.807) is 33.2 Å². The Morgan fingerprint density at radius 3 is 2.63 bits per heavy atom. The van der Waals surface area contributed by atoms with Crippen LogP contribution in [-0.2, 0) is 9.53 Å². The van der Waals surface area contributed by atoms with Crippen molar-refractivity contribution in [2.45, 2.75) is 13.0 Å². The standard InChI is InChI=1S/C13H16N2O4/c1-8-10(12(16)18-4)11(9-6-5-7-19-9)15(3)13(17)14(8)2/h5-7,11H,1-4H3. The van der Waals surface area contributed by atoms with Gasteiger partial charge in [-0.25, -0.2) is 9.59 Å². The minimum absolute atomic E-state index is 0.202. The van der Waals surface area contributed by atoms with E-state index in [2.05, 4.69) is 0 Å². The van der Waals surface area contributed by atoms with Crippen molar-refractivity contribution < 1.29 is 18.7 Å². The first-order chi connectivity index (χ1) is 8.99. The molecule has 1 aromatic rings. The summed E-state index contributed by atoms with van der Waals surface area (Å²) in [5.41, 5.74) is 0.971. The molecule has 0 spiro atoms. The Labute approximate surface area is 111 Å². The Balaban J connectivity index is 2.59. The summed E-state index contributed by atoms with van der Waals surface area (Å²) >= 11 is 0. The minimum Gasteiger partial charge on any atom is -0.467 e. The van der Waals surface area contributed by atoms with Gasteiger partial charge in [-0.15, -0.1) is 0 Å². The van der Waals surface area contributed by atoms with E-state index in [0.29, 0.717) is 17.0 Å². The van der Waals surface area contributed by atoms with Crippen LogP contribution in [0.25, 0.3) is 0 Å². The van der Waals surface area contributed by atoms with Crippen LogP contribution in [0.2, 0.25) is 0 Å². The van der Waals surface area contributed by atoms with E-state index in [1.165, 1.54) is 23.2 Å². The van der Waals surface area contributed by atoms with E-state index >= 15 is 0 Å². The predicted octanol–water partition coefficient (Wildman–Crippen LogP) is 1.76. The fourth-order valence-electron chi connectivity index (χ4n) is 2.21. The number of furan rings is 1. The molecule has 0 aliphatic carbocycles. The molecule has 0 radical (unpaired) electrons. The third-order valence-electron chi connectivity index (χ3n) is 3.36. The van der Waals surface area contributed by atoms with Crippen LogP contribution >= 0.6 is 0 Å². The third kappa shape index (κ3) is 1.99. The average Bonchev–Trinajstić information content (AvgIpc) is 2.93. The molecule has 19 heavy (non-hydrogen) atoms. The molecule has 2 rings (SSSR count). The molecule has 102 valence electrons. The third-order valence-corrected chi connectivity index (χ3v) is 3.36. The number of urea groups is 1. The molecule has 2 heterocycles. The molecule has 0 aromatic carbocycles. The summed E-state index contributed by atoms with van der Waals surface area (Å²) < 4.78 is 10.2. The number of hydrogen-bond donors (Lipinski definition) is 0. The summed E-state index contributed by atoms with van der Waals surface area (Å²) in [6.07, 6.45) is 1.51. The van der Waals surface area contributed by atoms with E-state index in [1.807, 2.05) is 0 Å². The van der Waals surface area contributed by atoms with E-state index < -0.39 is 12.0 Å². The van der Waals surface area contributed by atoms with Crippen molar-refractivity contribution >= 4 is 12.0 Å². The first-order valence-electron chi connectivity index (χ1n) is 5.82. The van der Waals surface area contributed by atoms with Crippen LogP contribution < -0.4 is 0 Å².